The van der Waals surface area contributed by atoms with E-state index in [4.69, 9.17) is 5.26 Å². The van der Waals surface area contributed by atoms with Gasteiger partial charge in [0.1, 0.15) is 18.4 Å². The summed E-state index contributed by atoms with van der Waals surface area (Å²) in [6.45, 7) is 0.869. The molecule has 1 aromatic carbocycles. The second-order valence-corrected chi connectivity index (χ2v) is 6.20. The zero-order valence-electron chi connectivity index (χ0n) is 14.7. The van der Waals surface area contributed by atoms with Crippen LogP contribution in [0.4, 0.5) is 19.3 Å². The van der Waals surface area contributed by atoms with Crippen LogP contribution in [0.5, 0.6) is 5.75 Å². The number of nitrogens with one attached hydrogen (secondary N) is 2. The number of nitriles is 1. The highest BCUT2D eigenvalue weighted by molar-refractivity contribution is 5.95. The lowest BCUT2D eigenvalue weighted by Crippen LogP contribution is -2.45. The third-order valence-electron chi connectivity index (χ3n) is 4.22. The van der Waals surface area contributed by atoms with Crippen molar-refractivity contribution in [3.8, 4) is 11.8 Å². The van der Waals surface area contributed by atoms with E-state index in [1.54, 1.807) is 6.07 Å². The number of phenolic OH excluding ortho intramolecular Hbond substituents is 1. The van der Waals surface area contributed by atoms with Gasteiger partial charge in [0.25, 0.3) is 0 Å². The van der Waals surface area contributed by atoms with Gasteiger partial charge >= 0.3 is 6.03 Å². The van der Waals surface area contributed by atoms with Crippen molar-refractivity contribution in [1.82, 2.24) is 15.2 Å². The number of hydrogen-bond acceptors (Lipinski definition) is 5. The number of benzene rings is 1. The average Bonchev–Trinajstić information content (AvgIpc) is 2.65. The van der Waals surface area contributed by atoms with Gasteiger partial charge in [0, 0.05) is 11.8 Å². The van der Waals surface area contributed by atoms with Crippen molar-refractivity contribution in [3.05, 3.63) is 52.9 Å². The molecule has 1 atom stereocenters. The first-order valence-electron chi connectivity index (χ1n) is 8.21. The van der Waals surface area contributed by atoms with E-state index in [0.29, 0.717) is 0 Å². The Balaban J connectivity index is 1.68. The van der Waals surface area contributed by atoms with Gasteiger partial charge < -0.3 is 20.6 Å². The maximum Gasteiger partial charge on any atom is 0.322 e. The molecule has 0 fully saturated rings. The number of anilines is 1. The maximum absolute atomic E-state index is 14.1. The largest absolute Gasteiger partial charge is 0.505 e. The Morgan fingerprint density at radius 3 is 2.93 bits per heavy atom. The van der Waals surface area contributed by atoms with E-state index in [-0.39, 0.29) is 29.1 Å². The van der Waals surface area contributed by atoms with Crippen molar-refractivity contribution in [3.63, 3.8) is 0 Å². The smallest absolute Gasteiger partial charge is 0.322 e. The highest BCUT2D eigenvalue weighted by Gasteiger charge is 2.28. The summed E-state index contributed by atoms with van der Waals surface area (Å²) < 4.78 is 28.1. The van der Waals surface area contributed by atoms with Crippen LogP contribution in [-0.4, -0.2) is 33.5 Å². The van der Waals surface area contributed by atoms with Crippen molar-refractivity contribution in [2.75, 3.05) is 11.9 Å². The zero-order chi connectivity index (χ0) is 20.4. The van der Waals surface area contributed by atoms with Crippen LogP contribution in [0.1, 0.15) is 29.8 Å². The molecule has 10 heteroatoms. The number of rotatable bonds is 4. The number of carbonyl (C=O) groups excluding carboxylic acids is 2. The summed E-state index contributed by atoms with van der Waals surface area (Å²) in [5, 5.41) is 23.2. The number of aromatic nitrogens is 1. The second-order valence-electron chi connectivity index (χ2n) is 6.20. The lowest BCUT2D eigenvalue weighted by molar-refractivity contribution is -0.122. The Hall–Kier alpha value is -3.74. The van der Waals surface area contributed by atoms with Crippen molar-refractivity contribution < 1.29 is 23.5 Å². The third kappa shape index (κ3) is 3.68. The highest BCUT2D eigenvalue weighted by atomic mass is 19.1. The molecule has 8 nitrogen and oxygen atoms in total. The summed E-state index contributed by atoms with van der Waals surface area (Å²) in [6, 6.07) is 3.83. The monoisotopic (exact) mass is 387 g/mol. The molecule has 3 rings (SSSR count). The first kappa shape index (κ1) is 19.0. The SMILES string of the molecule is C[C@@H](NC(=O)CN1Cc2c(ccc(O)c2F)NC1=O)c1ncc(C#N)cc1F. The molecule has 0 unspecified atom stereocenters. The first-order valence-corrected chi connectivity index (χ1v) is 8.21. The minimum absolute atomic E-state index is 0.0497. The first-order chi connectivity index (χ1) is 13.3. The Kier molecular flexibility index (Phi) is 5.08. The molecular formula is C18H15F2N5O3. The summed E-state index contributed by atoms with van der Waals surface area (Å²) in [4.78, 5) is 29.3. The molecule has 0 radical (unpaired) electrons. The van der Waals surface area contributed by atoms with Crippen LogP contribution in [0, 0.1) is 23.0 Å². The molecule has 28 heavy (non-hydrogen) atoms. The minimum Gasteiger partial charge on any atom is -0.505 e. The summed E-state index contributed by atoms with van der Waals surface area (Å²) in [5.74, 6) is -2.79. The molecule has 1 aromatic heterocycles. The van der Waals surface area contributed by atoms with Gasteiger partial charge in [-0.2, -0.15) is 5.26 Å². The van der Waals surface area contributed by atoms with Gasteiger partial charge in [-0.05, 0) is 25.1 Å². The highest BCUT2D eigenvalue weighted by Crippen LogP contribution is 2.30. The van der Waals surface area contributed by atoms with Crippen LogP contribution in [0.3, 0.4) is 0 Å². The summed E-state index contributed by atoms with van der Waals surface area (Å²) >= 11 is 0. The quantitative estimate of drug-likeness (QED) is 0.695. The predicted molar refractivity (Wildman–Crippen MR) is 93.0 cm³/mol. The van der Waals surface area contributed by atoms with Crippen molar-refractivity contribution >= 4 is 17.6 Å². The van der Waals surface area contributed by atoms with Gasteiger partial charge in [0.05, 0.1) is 29.5 Å². The average molecular weight is 387 g/mol. The van der Waals surface area contributed by atoms with E-state index in [1.165, 1.54) is 19.2 Å². The van der Waals surface area contributed by atoms with E-state index < -0.39 is 41.9 Å². The number of carbonyl (C=O) groups is 2. The Morgan fingerprint density at radius 1 is 1.50 bits per heavy atom. The number of nitrogens with zero attached hydrogens (tertiary/aromatic N) is 3. The summed E-state index contributed by atoms with van der Waals surface area (Å²) in [5.41, 5.74) is 0.264. The number of aromatic hydroxyl groups is 1. The molecule has 1 aliphatic heterocycles. The molecule has 0 saturated heterocycles. The Morgan fingerprint density at radius 2 is 2.25 bits per heavy atom. The van der Waals surface area contributed by atoms with Crippen LogP contribution in [-0.2, 0) is 11.3 Å². The molecule has 1 aliphatic rings. The van der Waals surface area contributed by atoms with Crippen LogP contribution >= 0.6 is 0 Å². The van der Waals surface area contributed by atoms with Crippen molar-refractivity contribution in [2.24, 2.45) is 0 Å². The fourth-order valence-electron chi connectivity index (χ4n) is 2.82. The molecular weight excluding hydrogens is 372 g/mol. The molecule has 2 heterocycles. The van der Waals surface area contributed by atoms with Gasteiger partial charge in [-0.1, -0.05) is 0 Å². The molecule has 0 aliphatic carbocycles. The number of urea groups is 1. The van der Waals surface area contributed by atoms with Gasteiger partial charge in [-0.3, -0.25) is 9.78 Å². The van der Waals surface area contributed by atoms with Gasteiger partial charge in [0.2, 0.25) is 5.91 Å². The standard InChI is InChI=1S/C18H15F2N5O3/c1-9(17-12(19)4-10(5-21)6-22-17)23-15(27)8-25-7-11-13(24-18(25)28)2-3-14(26)16(11)20/h2-4,6,9,26H,7-8H2,1H3,(H,23,27)(H,24,28)/t9-/m1/s1. The molecule has 144 valence electrons. The van der Waals surface area contributed by atoms with Crippen LogP contribution in [0.15, 0.2) is 24.4 Å². The summed E-state index contributed by atoms with van der Waals surface area (Å²) in [7, 11) is 0. The van der Waals surface area contributed by atoms with E-state index in [2.05, 4.69) is 15.6 Å². The number of amides is 3. The number of phenols is 1. The lowest BCUT2D eigenvalue weighted by Gasteiger charge is -2.29. The van der Waals surface area contributed by atoms with E-state index >= 15 is 0 Å². The van der Waals surface area contributed by atoms with Crippen LogP contribution in [0.25, 0.3) is 0 Å². The third-order valence-corrected chi connectivity index (χ3v) is 4.22. The summed E-state index contributed by atoms with van der Waals surface area (Å²) in [6.07, 6.45) is 1.19. The van der Waals surface area contributed by atoms with E-state index in [1.807, 2.05) is 0 Å². The van der Waals surface area contributed by atoms with Gasteiger partial charge in [-0.25, -0.2) is 13.6 Å². The molecule has 0 saturated carbocycles. The normalized spacial score (nSPS) is 13.9. The molecule has 3 N–H and O–H groups in total. The topological polar surface area (TPSA) is 118 Å². The molecule has 3 amide bonds. The number of pyridine rings is 1. The minimum atomic E-state index is -0.875. The lowest BCUT2D eigenvalue weighted by atomic mass is 10.1. The van der Waals surface area contributed by atoms with Crippen molar-refractivity contribution in [2.45, 2.75) is 19.5 Å². The Bertz CT molecular complexity index is 1010. The molecule has 0 bridgehead atoms. The second kappa shape index (κ2) is 7.48. The maximum atomic E-state index is 14.1. The predicted octanol–water partition coefficient (Wildman–Crippen LogP) is 2.16. The van der Waals surface area contributed by atoms with E-state index in [9.17, 15) is 23.5 Å². The van der Waals surface area contributed by atoms with Crippen molar-refractivity contribution in [1.29, 1.82) is 5.26 Å². The zero-order valence-corrected chi connectivity index (χ0v) is 14.7. The number of halogens is 2. The Labute approximate surface area is 158 Å². The van der Waals surface area contributed by atoms with E-state index in [0.717, 1.165) is 17.0 Å². The van der Waals surface area contributed by atoms with Crippen LogP contribution < -0.4 is 10.6 Å². The number of hydrogen-bond donors (Lipinski definition) is 3. The molecule has 0 spiro atoms. The fraction of sp³-hybridized carbons (Fsp3) is 0.222. The van der Waals surface area contributed by atoms with Crippen LogP contribution in [0.2, 0.25) is 0 Å². The van der Waals surface area contributed by atoms with Gasteiger partial charge in [-0.15, -0.1) is 0 Å². The molecule has 2 aromatic rings. The van der Waals surface area contributed by atoms with Gasteiger partial charge in [0.15, 0.2) is 11.6 Å². The fourth-order valence-corrected chi connectivity index (χ4v) is 2.82. The number of fused-ring (bicyclic) bond motifs is 1.